The lowest BCUT2D eigenvalue weighted by Gasteiger charge is -2.11. The van der Waals surface area contributed by atoms with Crippen LogP contribution in [-0.4, -0.2) is 4.98 Å². The van der Waals surface area contributed by atoms with Crippen LogP contribution in [0.1, 0.15) is 28.8 Å². The van der Waals surface area contributed by atoms with E-state index in [9.17, 15) is 8.78 Å². The summed E-state index contributed by atoms with van der Waals surface area (Å²) >= 11 is 0. The van der Waals surface area contributed by atoms with E-state index in [1.54, 1.807) is 6.07 Å². The van der Waals surface area contributed by atoms with Crippen molar-refractivity contribution in [1.29, 1.82) is 10.5 Å². The van der Waals surface area contributed by atoms with Crippen LogP contribution in [0.2, 0.25) is 0 Å². The minimum absolute atomic E-state index is 0.0219. The number of hydrogen-bond acceptors (Lipinski definition) is 4. The van der Waals surface area contributed by atoms with Crippen LogP contribution in [0.4, 0.5) is 8.78 Å². The van der Waals surface area contributed by atoms with E-state index in [-0.39, 0.29) is 35.3 Å². The fraction of sp³-hybridized carbons (Fsp3) is 0.300. The van der Waals surface area contributed by atoms with Crippen molar-refractivity contribution in [2.45, 2.75) is 19.4 Å². The third-order valence-electron chi connectivity index (χ3n) is 2.13. The summed E-state index contributed by atoms with van der Waals surface area (Å²) in [6.07, 6.45) is -1.92. The number of nitrogens with zero attached hydrogens (tertiary/aromatic N) is 3. The first-order chi connectivity index (χ1) is 7.65. The SMILES string of the molecule is N#CCc1c(C#N)ncc(C(F)F)c1CN. The van der Waals surface area contributed by atoms with Gasteiger partial charge in [0.2, 0.25) is 0 Å². The molecule has 16 heavy (non-hydrogen) atoms. The molecule has 0 radical (unpaired) electrons. The summed E-state index contributed by atoms with van der Waals surface area (Å²) in [6.45, 7) is -0.145. The quantitative estimate of drug-likeness (QED) is 0.837. The minimum Gasteiger partial charge on any atom is -0.326 e. The predicted octanol–water partition coefficient (Wildman–Crippen LogP) is 1.42. The van der Waals surface area contributed by atoms with E-state index in [1.807, 2.05) is 6.07 Å². The molecule has 0 aromatic carbocycles. The first kappa shape index (κ1) is 12.0. The third kappa shape index (κ3) is 2.13. The fourth-order valence-electron chi connectivity index (χ4n) is 1.40. The lowest BCUT2D eigenvalue weighted by atomic mass is 9.99. The van der Waals surface area contributed by atoms with Gasteiger partial charge in [-0.25, -0.2) is 13.8 Å². The van der Waals surface area contributed by atoms with E-state index in [1.165, 1.54) is 0 Å². The van der Waals surface area contributed by atoms with Crippen LogP contribution in [0.5, 0.6) is 0 Å². The van der Waals surface area contributed by atoms with Crippen LogP contribution in [-0.2, 0) is 13.0 Å². The average molecular weight is 222 g/mol. The molecule has 0 spiro atoms. The number of hydrogen-bond donors (Lipinski definition) is 1. The van der Waals surface area contributed by atoms with Crippen molar-refractivity contribution < 1.29 is 8.78 Å². The monoisotopic (exact) mass is 222 g/mol. The molecule has 0 aliphatic rings. The molecule has 4 nitrogen and oxygen atoms in total. The largest absolute Gasteiger partial charge is 0.326 e. The highest BCUT2D eigenvalue weighted by atomic mass is 19.3. The van der Waals surface area contributed by atoms with Crippen LogP contribution in [0.15, 0.2) is 6.20 Å². The van der Waals surface area contributed by atoms with Gasteiger partial charge in [0.05, 0.1) is 12.5 Å². The van der Waals surface area contributed by atoms with E-state index in [0.717, 1.165) is 6.20 Å². The molecule has 0 saturated heterocycles. The van der Waals surface area contributed by atoms with Crippen molar-refractivity contribution in [3.8, 4) is 12.1 Å². The van der Waals surface area contributed by atoms with Gasteiger partial charge in [-0.05, 0) is 5.56 Å². The zero-order valence-electron chi connectivity index (χ0n) is 8.24. The molecule has 0 bridgehead atoms. The Hall–Kier alpha value is -2.05. The van der Waals surface area contributed by atoms with E-state index < -0.39 is 6.43 Å². The van der Waals surface area contributed by atoms with Gasteiger partial charge in [0.1, 0.15) is 11.8 Å². The Morgan fingerprint density at radius 3 is 2.50 bits per heavy atom. The van der Waals surface area contributed by atoms with Crippen LogP contribution < -0.4 is 5.73 Å². The van der Waals surface area contributed by atoms with Gasteiger partial charge in [0.25, 0.3) is 6.43 Å². The molecule has 0 unspecified atom stereocenters. The second kappa shape index (κ2) is 5.15. The Balaban J connectivity index is 3.45. The fourth-order valence-corrected chi connectivity index (χ4v) is 1.40. The number of nitriles is 2. The second-order valence-corrected chi connectivity index (χ2v) is 2.97. The van der Waals surface area contributed by atoms with Crippen LogP contribution in [0.25, 0.3) is 0 Å². The summed E-state index contributed by atoms with van der Waals surface area (Å²) in [4.78, 5) is 3.60. The van der Waals surface area contributed by atoms with Crippen molar-refractivity contribution in [3.05, 3.63) is 28.6 Å². The van der Waals surface area contributed by atoms with Gasteiger partial charge in [0, 0.05) is 23.9 Å². The topological polar surface area (TPSA) is 86.5 Å². The maximum atomic E-state index is 12.6. The highest BCUT2D eigenvalue weighted by molar-refractivity contribution is 5.43. The highest BCUT2D eigenvalue weighted by Gasteiger charge is 2.19. The molecule has 1 rings (SSSR count). The molecule has 0 aliphatic carbocycles. The lowest BCUT2D eigenvalue weighted by molar-refractivity contribution is 0.149. The summed E-state index contributed by atoms with van der Waals surface area (Å²) in [5.41, 5.74) is 5.37. The summed E-state index contributed by atoms with van der Waals surface area (Å²) in [7, 11) is 0. The van der Waals surface area contributed by atoms with Gasteiger partial charge in [-0.3, -0.25) is 0 Å². The molecule has 1 aromatic rings. The number of pyridine rings is 1. The second-order valence-electron chi connectivity index (χ2n) is 2.97. The highest BCUT2D eigenvalue weighted by Crippen LogP contribution is 2.26. The molecule has 82 valence electrons. The summed E-state index contributed by atoms with van der Waals surface area (Å²) in [5, 5.41) is 17.3. The van der Waals surface area contributed by atoms with Gasteiger partial charge in [-0.2, -0.15) is 10.5 Å². The van der Waals surface area contributed by atoms with Crippen LogP contribution >= 0.6 is 0 Å². The Bertz CT molecular complexity index is 471. The van der Waals surface area contributed by atoms with Crippen molar-refractivity contribution in [1.82, 2.24) is 4.98 Å². The van der Waals surface area contributed by atoms with Crippen molar-refractivity contribution in [2.75, 3.05) is 0 Å². The molecular formula is C10H8F2N4. The lowest BCUT2D eigenvalue weighted by Crippen LogP contribution is -2.10. The number of aromatic nitrogens is 1. The molecule has 1 heterocycles. The predicted molar refractivity (Wildman–Crippen MR) is 51.1 cm³/mol. The van der Waals surface area contributed by atoms with E-state index >= 15 is 0 Å². The molecule has 1 aromatic heterocycles. The van der Waals surface area contributed by atoms with E-state index in [0.29, 0.717) is 0 Å². The molecule has 2 N–H and O–H groups in total. The summed E-state index contributed by atoms with van der Waals surface area (Å²) < 4.78 is 25.2. The Morgan fingerprint density at radius 1 is 1.38 bits per heavy atom. The van der Waals surface area contributed by atoms with Crippen LogP contribution in [0, 0.1) is 22.7 Å². The van der Waals surface area contributed by atoms with E-state index in [2.05, 4.69) is 4.98 Å². The first-order valence-corrected chi connectivity index (χ1v) is 4.41. The summed E-state index contributed by atoms with van der Waals surface area (Å²) in [6, 6.07) is 3.57. The first-order valence-electron chi connectivity index (χ1n) is 4.41. The van der Waals surface area contributed by atoms with Crippen molar-refractivity contribution >= 4 is 0 Å². The normalized spacial score (nSPS) is 9.88. The maximum Gasteiger partial charge on any atom is 0.265 e. The van der Waals surface area contributed by atoms with Gasteiger partial charge in [0.15, 0.2) is 0 Å². The minimum atomic E-state index is -2.71. The Morgan fingerprint density at radius 2 is 2.06 bits per heavy atom. The summed E-state index contributed by atoms with van der Waals surface area (Å²) in [5.74, 6) is 0. The molecule has 0 atom stereocenters. The smallest absolute Gasteiger partial charge is 0.265 e. The zero-order valence-corrected chi connectivity index (χ0v) is 8.24. The molecular weight excluding hydrogens is 214 g/mol. The Kier molecular flexibility index (Phi) is 3.87. The third-order valence-corrected chi connectivity index (χ3v) is 2.13. The number of alkyl halides is 2. The molecule has 6 heteroatoms. The van der Waals surface area contributed by atoms with Crippen molar-refractivity contribution in [3.63, 3.8) is 0 Å². The van der Waals surface area contributed by atoms with E-state index in [4.69, 9.17) is 16.3 Å². The number of nitrogens with two attached hydrogens (primary N) is 1. The number of rotatable bonds is 3. The van der Waals surface area contributed by atoms with Gasteiger partial charge in [-0.15, -0.1) is 0 Å². The average Bonchev–Trinajstić information content (AvgIpc) is 2.28. The van der Waals surface area contributed by atoms with Gasteiger partial charge < -0.3 is 5.73 Å². The van der Waals surface area contributed by atoms with Gasteiger partial charge >= 0.3 is 0 Å². The molecule has 0 amide bonds. The molecule has 0 aliphatic heterocycles. The standard InChI is InChI=1S/C10H8F2N4/c11-10(12)8-5-16-9(4-15)6(1-2-13)7(8)3-14/h5,10H,1,3,14H2. The maximum absolute atomic E-state index is 12.6. The molecule has 0 saturated carbocycles. The number of halogens is 2. The molecule has 0 fully saturated rings. The zero-order chi connectivity index (χ0) is 12.1. The van der Waals surface area contributed by atoms with Crippen molar-refractivity contribution in [2.24, 2.45) is 5.73 Å². The Labute approximate surface area is 90.9 Å². The van der Waals surface area contributed by atoms with Gasteiger partial charge in [-0.1, -0.05) is 0 Å². The van der Waals surface area contributed by atoms with Crippen LogP contribution in [0.3, 0.4) is 0 Å².